The van der Waals surface area contributed by atoms with E-state index < -0.39 is 11.8 Å². The zero-order valence-corrected chi connectivity index (χ0v) is 9.13. The lowest BCUT2D eigenvalue weighted by Gasteiger charge is -2.08. The topological polar surface area (TPSA) is 85.4 Å². The Morgan fingerprint density at radius 1 is 1.39 bits per heavy atom. The number of anilines is 1. The number of hydrogen-bond acceptors (Lipinski definition) is 4. The lowest BCUT2D eigenvalue weighted by molar-refractivity contribution is 0.0697. The molecule has 3 N–H and O–H groups in total. The normalized spacial score (nSPS) is 10.1. The first-order valence-corrected chi connectivity index (χ1v) is 4.99. The second-order valence-electron chi connectivity index (χ2n) is 3.44. The molecule has 6 heteroatoms. The molecule has 1 aromatic carbocycles. The van der Waals surface area contributed by atoms with Gasteiger partial charge in [-0.05, 0) is 18.2 Å². The number of aromatic carboxylic acids is 1. The Hall–Kier alpha value is -2.63. The van der Waals surface area contributed by atoms with E-state index in [1.54, 1.807) is 0 Å². The van der Waals surface area contributed by atoms with Crippen LogP contribution in [0.4, 0.5) is 10.1 Å². The minimum absolute atomic E-state index is 0.0690. The highest BCUT2D eigenvalue weighted by molar-refractivity contribution is 5.94. The molecule has 5 nitrogen and oxygen atoms in total. The van der Waals surface area contributed by atoms with E-state index in [1.807, 2.05) is 0 Å². The van der Waals surface area contributed by atoms with Crippen molar-refractivity contribution in [2.45, 2.75) is 0 Å². The molecule has 92 valence electrons. The number of nitrogen functional groups attached to an aromatic ring is 1. The molecule has 2 aromatic rings. The van der Waals surface area contributed by atoms with Crippen LogP contribution in [0.2, 0.25) is 0 Å². The van der Waals surface area contributed by atoms with E-state index in [2.05, 4.69) is 4.98 Å². The van der Waals surface area contributed by atoms with Crippen LogP contribution < -0.4 is 10.5 Å². The molecule has 0 saturated heterocycles. The molecule has 0 atom stereocenters. The number of hydrogen-bond donors (Lipinski definition) is 2. The number of halogens is 1. The van der Waals surface area contributed by atoms with Crippen molar-refractivity contribution in [2.75, 3.05) is 5.73 Å². The summed E-state index contributed by atoms with van der Waals surface area (Å²) in [7, 11) is 0. The molecule has 0 amide bonds. The highest BCUT2D eigenvalue weighted by Gasteiger charge is 2.13. The molecule has 18 heavy (non-hydrogen) atoms. The number of carboxylic acids is 1. The van der Waals surface area contributed by atoms with Gasteiger partial charge in [0.2, 0.25) is 5.88 Å². The van der Waals surface area contributed by atoms with Crippen LogP contribution >= 0.6 is 0 Å². The zero-order chi connectivity index (χ0) is 13.1. The van der Waals surface area contributed by atoms with E-state index in [9.17, 15) is 9.18 Å². The molecule has 1 heterocycles. The first-order chi connectivity index (χ1) is 8.58. The molecular weight excluding hydrogens is 239 g/mol. The van der Waals surface area contributed by atoms with Crippen molar-refractivity contribution in [1.29, 1.82) is 0 Å². The van der Waals surface area contributed by atoms with Gasteiger partial charge in [0.1, 0.15) is 17.3 Å². The van der Waals surface area contributed by atoms with Crippen LogP contribution in [0, 0.1) is 5.82 Å². The molecule has 0 fully saturated rings. The number of nitrogens with two attached hydrogens (primary N) is 1. The van der Waals surface area contributed by atoms with Crippen molar-refractivity contribution in [3.63, 3.8) is 0 Å². The van der Waals surface area contributed by atoms with E-state index in [4.69, 9.17) is 15.6 Å². The molecule has 0 spiro atoms. The van der Waals surface area contributed by atoms with Crippen molar-refractivity contribution in [3.8, 4) is 11.6 Å². The minimum atomic E-state index is -1.18. The van der Waals surface area contributed by atoms with Gasteiger partial charge in [0.05, 0.1) is 5.56 Å². The molecule has 0 unspecified atom stereocenters. The Labute approximate surface area is 102 Å². The van der Waals surface area contributed by atoms with Gasteiger partial charge in [-0.3, -0.25) is 0 Å². The molecule has 0 aliphatic heterocycles. The van der Waals surface area contributed by atoms with Crippen molar-refractivity contribution < 1.29 is 19.0 Å². The van der Waals surface area contributed by atoms with Gasteiger partial charge in [-0.1, -0.05) is 6.07 Å². The number of aromatic nitrogens is 1. The van der Waals surface area contributed by atoms with E-state index in [-0.39, 0.29) is 22.9 Å². The van der Waals surface area contributed by atoms with Crippen LogP contribution in [-0.4, -0.2) is 16.1 Å². The third kappa shape index (κ3) is 2.37. The van der Waals surface area contributed by atoms with Crippen LogP contribution in [0.1, 0.15) is 10.4 Å². The summed E-state index contributed by atoms with van der Waals surface area (Å²) in [5.74, 6) is -1.53. The predicted molar refractivity (Wildman–Crippen MR) is 62.1 cm³/mol. The highest BCUT2D eigenvalue weighted by Crippen LogP contribution is 2.27. The maximum Gasteiger partial charge on any atom is 0.338 e. The zero-order valence-electron chi connectivity index (χ0n) is 9.13. The third-order valence-corrected chi connectivity index (χ3v) is 2.19. The number of carboxylic acid groups (broad SMARTS) is 1. The summed E-state index contributed by atoms with van der Waals surface area (Å²) in [6.45, 7) is 0. The first-order valence-electron chi connectivity index (χ1n) is 4.99. The predicted octanol–water partition coefficient (Wildman–Crippen LogP) is 2.29. The Kier molecular flexibility index (Phi) is 3.09. The molecule has 1 aromatic heterocycles. The van der Waals surface area contributed by atoms with E-state index in [0.29, 0.717) is 0 Å². The third-order valence-electron chi connectivity index (χ3n) is 2.19. The summed E-state index contributed by atoms with van der Waals surface area (Å²) < 4.78 is 18.2. The summed E-state index contributed by atoms with van der Waals surface area (Å²) in [6, 6.07) is 6.64. The van der Waals surface area contributed by atoms with Crippen LogP contribution in [0.5, 0.6) is 11.6 Å². The monoisotopic (exact) mass is 248 g/mol. The van der Waals surface area contributed by atoms with Crippen molar-refractivity contribution in [3.05, 3.63) is 47.9 Å². The second-order valence-corrected chi connectivity index (χ2v) is 3.44. The fourth-order valence-electron chi connectivity index (χ4n) is 1.36. The average molecular weight is 248 g/mol. The Morgan fingerprint density at radius 3 is 2.83 bits per heavy atom. The van der Waals surface area contributed by atoms with Crippen molar-refractivity contribution >= 4 is 11.7 Å². The largest absolute Gasteiger partial charge is 0.478 e. The molecule has 0 aliphatic carbocycles. The number of benzene rings is 1. The standard InChI is InChI=1S/C12H9FN2O3/c13-7-2-1-3-8(6-7)18-11-10(14)9(12(16)17)4-5-15-11/h1-6H,14H2,(H,16,17). The fourth-order valence-corrected chi connectivity index (χ4v) is 1.36. The second kappa shape index (κ2) is 4.70. The van der Waals surface area contributed by atoms with Gasteiger partial charge in [-0.25, -0.2) is 14.2 Å². The van der Waals surface area contributed by atoms with Crippen LogP contribution in [-0.2, 0) is 0 Å². The van der Waals surface area contributed by atoms with Gasteiger partial charge in [0.25, 0.3) is 0 Å². The number of nitrogens with zero attached hydrogens (tertiary/aromatic N) is 1. The first kappa shape index (κ1) is 11.8. The highest BCUT2D eigenvalue weighted by atomic mass is 19.1. The molecule has 2 rings (SSSR count). The van der Waals surface area contributed by atoms with E-state index in [1.165, 1.54) is 30.5 Å². The van der Waals surface area contributed by atoms with Crippen LogP contribution in [0.3, 0.4) is 0 Å². The van der Waals surface area contributed by atoms with Crippen molar-refractivity contribution in [2.24, 2.45) is 0 Å². The maximum absolute atomic E-state index is 13.0. The SMILES string of the molecule is Nc1c(C(=O)O)ccnc1Oc1cccc(F)c1. The lowest BCUT2D eigenvalue weighted by atomic mass is 10.2. The number of carbonyl (C=O) groups is 1. The molecule has 0 radical (unpaired) electrons. The Balaban J connectivity index is 2.35. The summed E-state index contributed by atoms with van der Waals surface area (Å²) in [5.41, 5.74) is 5.39. The summed E-state index contributed by atoms with van der Waals surface area (Å²) in [4.78, 5) is 14.7. The lowest BCUT2D eigenvalue weighted by Crippen LogP contribution is -2.05. The van der Waals surface area contributed by atoms with Crippen LogP contribution in [0.15, 0.2) is 36.5 Å². The number of ether oxygens (including phenoxy) is 1. The van der Waals surface area contributed by atoms with Crippen LogP contribution in [0.25, 0.3) is 0 Å². The van der Waals surface area contributed by atoms with Gasteiger partial charge in [-0.15, -0.1) is 0 Å². The summed E-state index contributed by atoms with van der Waals surface area (Å²) in [6.07, 6.45) is 1.26. The summed E-state index contributed by atoms with van der Waals surface area (Å²) in [5, 5.41) is 8.88. The maximum atomic E-state index is 13.0. The van der Waals surface area contributed by atoms with Gasteiger partial charge < -0.3 is 15.6 Å². The molecular formula is C12H9FN2O3. The molecule has 0 aliphatic rings. The summed E-state index contributed by atoms with van der Waals surface area (Å²) >= 11 is 0. The Morgan fingerprint density at radius 2 is 2.17 bits per heavy atom. The van der Waals surface area contributed by atoms with Gasteiger partial charge in [0.15, 0.2) is 0 Å². The van der Waals surface area contributed by atoms with E-state index in [0.717, 1.165) is 6.07 Å². The van der Waals surface area contributed by atoms with E-state index >= 15 is 0 Å². The van der Waals surface area contributed by atoms with Gasteiger partial charge in [0, 0.05) is 12.3 Å². The number of pyridine rings is 1. The smallest absolute Gasteiger partial charge is 0.338 e. The molecule has 0 bridgehead atoms. The van der Waals surface area contributed by atoms with Crippen molar-refractivity contribution in [1.82, 2.24) is 4.98 Å². The minimum Gasteiger partial charge on any atom is -0.478 e. The molecule has 0 saturated carbocycles. The van der Waals surface area contributed by atoms with Gasteiger partial charge in [-0.2, -0.15) is 0 Å². The Bertz CT molecular complexity index is 602. The quantitative estimate of drug-likeness (QED) is 0.870. The average Bonchev–Trinajstić information content (AvgIpc) is 2.31. The fraction of sp³-hybridized carbons (Fsp3) is 0. The number of rotatable bonds is 3. The van der Waals surface area contributed by atoms with Gasteiger partial charge >= 0.3 is 5.97 Å².